The van der Waals surface area contributed by atoms with Crippen molar-refractivity contribution < 1.29 is 13.5 Å². The lowest BCUT2D eigenvalue weighted by Crippen LogP contribution is -2.17. The van der Waals surface area contributed by atoms with Crippen molar-refractivity contribution in [3.8, 4) is 0 Å². The molecule has 10 heavy (non-hydrogen) atoms. The number of allylic oxidation sites excluding steroid dienone is 2. The van der Waals surface area contributed by atoms with Gasteiger partial charge in [0.25, 0.3) is 0 Å². The third kappa shape index (κ3) is 1.34. The Morgan fingerprint density at radius 3 is 2.50 bits per heavy atom. The molecule has 1 rings (SSSR count). The van der Waals surface area contributed by atoms with Crippen molar-refractivity contribution in [1.82, 2.24) is 0 Å². The topological polar surface area (TPSA) is 54.4 Å². The molecule has 1 N–H and O–H groups in total. The maximum atomic E-state index is 10.3. The number of aliphatic hydroxyl groups is 1. The van der Waals surface area contributed by atoms with E-state index in [0.717, 1.165) is 0 Å². The number of hydrogen-bond donors (Lipinski definition) is 1. The van der Waals surface area contributed by atoms with Gasteiger partial charge in [-0.05, 0) is 6.08 Å². The van der Waals surface area contributed by atoms with E-state index in [0.29, 0.717) is 0 Å². The quantitative estimate of drug-likeness (QED) is 0.485. The first-order valence-electron chi connectivity index (χ1n) is 2.71. The van der Waals surface area contributed by atoms with Crippen LogP contribution in [-0.2, 0) is 10.3 Å². The van der Waals surface area contributed by atoms with Crippen molar-refractivity contribution in [3.05, 3.63) is 24.3 Å². The molecule has 1 unspecified atom stereocenters. The average molecular weight is 158 g/mol. The Balaban J connectivity index is 3.15. The Hall–Kier alpha value is -0.870. The molecular formula is C6H6O3S. The molecule has 1 atom stereocenters. The summed E-state index contributed by atoms with van der Waals surface area (Å²) < 4.78 is 20.6. The molecule has 1 aliphatic carbocycles. The highest BCUT2D eigenvalue weighted by atomic mass is 32.2. The minimum atomic E-state index is -2.30. The summed E-state index contributed by atoms with van der Waals surface area (Å²) in [5, 5.41) is 8.97. The third-order valence-corrected chi connectivity index (χ3v) is 1.91. The van der Waals surface area contributed by atoms with Gasteiger partial charge in [0.05, 0.1) is 0 Å². The van der Waals surface area contributed by atoms with Gasteiger partial charge in [0.15, 0.2) is 0 Å². The van der Waals surface area contributed by atoms with Gasteiger partial charge in [0, 0.05) is 0 Å². The van der Waals surface area contributed by atoms with Crippen LogP contribution in [0.25, 0.3) is 0 Å². The SMILES string of the molecule is O=S(=O)=C1C=CC=CC1O. The lowest BCUT2D eigenvalue weighted by Gasteiger charge is -2.03. The van der Waals surface area contributed by atoms with Gasteiger partial charge in [-0.15, -0.1) is 0 Å². The first-order chi connectivity index (χ1) is 4.72. The van der Waals surface area contributed by atoms with Crippen LogP contribution in [0.4, 0.5) is 0 Å². The lowest BCUT2D eigenvalue weighted by atomic mass is 10.1. The van der Waals surface area contributed by atoms with Crippen LogP contribution in [0.5, 0.6) is 0 Å². The van der Waals surface area contributed by atoms with Crippen molar-refractivity contribution in [1.29, 1.82) is 0 Å². The molecule has 0 aromatic carbocycles. The van der Waals surface area contributed by atoms with Gasteiger partial charge in [0.1, 0.15) is 11.0 Å². The van der Waals surface area contributed by atoms with E-state index in [9.17, 15) is 8.42 Å². The van der Waals surface area contributed by atoms with Crippen molar-refractivity contribution in [2.75, 3.05) is 0 Å². The van der Waals surface area contributed by atoms with Crippen LogP contribution in [0, 0.1) is 0 Å². The first-order valence-corrected chi connectivity index (χ1v) is 3.78. The molecule has 0 bridgehead atoms. The fourth-order valence-corrected chi connectivity index (χ4v) is 1.13. The second-order valence-electron chi connectivity index (χ2n) is 1.83. The summed E-state index contributed by atoms with van der Waals surface area (Å²) in [5.74, 6) is 0. The van der Waals surface area contributed by atoms with Gasteiger partial charge in [-0.2, -0.15) is 8.42 Å². The van der Waals surface area contributed by atoms with E-state index in [1.807, 2.05) is 0 Å². The number of aliphatic hydroxyl groups excluding tert-OH is 1. The monoisotopic (exact) mass is 158 g/mol. The van der Waals surface area contributed by atoms with Crippen LogP contribution < -0.4 is 0 Å². The molecule has 0 aromatic rings. The first kappa shape index (κ1) is 7.24. The van der Waals surface area contributed by atoms with Gasteiger partial charge in [0.2, 0.25) is 10.3 Å². The van der Waals surface area contributed by atoms with Crippen molar-refractivity contribution in [2.24, 2.45) is 0 Å². The molecule has 0 fully saturated rings. The van der Waals surface area contributed by atoms with Crippen LogP contribution in [0.2, 0.25) is 0 Å². The van der Waals surface area contributed by atoms with E-state index < -0.39 is 16.4 Å². The molecule has 0 saturated carbocycles. The Morgan fingerprint density at radius 1 is 1.40 bits per heavy atom. The zero-order valence-electron chi connectivity index (χ0n) is 5.06. The largest absolute Gasteiger partial charge is 0.383 e. The summed E-state index contributed by atoms with van der Waals surface area (Å²) in [6.45, 7) is 0. The smallest absolute Gasteiger partial charge is 0.220 e. The lowest BCUT2D eigenvalue weighted by molar-refractivity contribution is 0.291. The Morgan fingerprint density at radius 2 is 2.10 bits per heavy atom. The molecule has 54 valence electrons. The van der Waals surface area contributed by atoms with E-state index in [-0.39, 0.29) is 4.86 Å². The van der Waals surface area contributed by atoms with E-state index in [4.69, 9.17) is 5.11 Å². The Labute approximate surface area is 59.8 Å². The van der Waals surface area contributed by atoms with Gasteiger partial charge >= 0.3 is 0 Å². The van der Waals surface area contributed by atoms with Crippen LogP contribution in [0.3, 0.4) is 0 Å². The maximum absolute atomic E-state index is 10.3. The van der Waals surface area contributed by atoms with Crippen LogP contribution >= 0.6 is 0 Å². The van der Waals surface area contributed by atoms with Crippen molar-refractivity contribution in [2.45, 2.75) is 6.10 Å². The summed E-state index contributed by atoms with van der Waals surface area (Å²) >= 11 is 0. The van der Waals surface area contributed by atoms with Crippen LogP contribution in [0.1, 0.15) is 0 Å². The van der Waals surface area contributed by atoms with Gasteiger partial charge in [-0.1, -0.05) is 18.2 Å². The molecule has 0 saturated heterocycles. The molecule has 3 nitrogen and oxygen atoms in total. The van der Waals surface area contributed by atoms with E-state index >= 15 is 0 Å². The van der Waals surface area contributed by atoms with E-state index in [1.54, 1.807) is 12.2 Å². The molecule has 0 radical (unpaired) electrons. The van der Waals surface area contributed by atoms with Crippen LogP contribution in [0.15, 0.2) is 24.3 Å². The Kier molecular flexibility index (Phi) is 2.03. The summed E-state index contributed by atoms with van der Waals surface area (Å²) in [7, 11) is -2.30. The fourth-order valence-electron chi connectivity index (χ4n) is 0.667. The van der Waals surface area contributed by atoms with Gasteiger partial charge in [-0.3, -0.25) is 0 Å². The third-order valence-electron chi connectivity index (χ3n) is 1.15. The summed E-state index contributed by atoms with van der Waals surface area (Å²) in [6.07, 6.45) is 4.97. The minimum absolute atomic E-state index is 0.0162. The predicted octanol–water partition coefficient (Wildman–Crippen LogP) is -0.475. The maximum Gasteiger partial charge on any atom is 0.220 e. The molecule has 0 amide bonds. The molecule has 0 heterocycles. The second-order valence-corrected chi connectivity index (χ2v) is 2.77. The Bertz CT molecular complexity index is 300. The van der Waals surface area contributed by atoms with Gasteiger partial charge < -0.3 is 5.11 Å². The van der Waals surface area contributed by atoms with E-state index in [2.05, 4.69) is 0 Å². The molecule has 0 aromatic heterocycles. The highest BCUT2D eigenvalue weighted by Gasteiger charge is 2.08. The standard InChI is InChI=1S/C6H6O3S/c7-5-3-1-2-4-6(5)10(8)9/h1-5,7H. The summed E-state index contributed by atoms with van der Waals surface area (Å²) in [6, 6.07) is 0. The van der Waals surface area contributed by atoms with Crippen molar-refractivity contribution >= 4 is 15.2 Å². The molecule has 4 heteroatoms. The molecule has 1 aliphatic rings. The van der Waals surface area contributed by atoms with Gasteiger partial charge in [-0.25, -0.2) is 0 Å². The molecular weight excluding hydrogens is 152 g/mol. The number of rotatable bonds is 0. The number of hydrogen-bond acceptors (Lipinski definition) is 3. The molecule has 0 spiro atoms. The molecule has 0 aliphatic heterocycles. The zero-order chi connectivity index (χ0) is 7.56. The predicted molar refractivity (Wildman–Crippen MR) is 38.2 cm³/mol. The highest BCUT2D eigenvalue weighted by Crippen LogP contribution is 1.98. The minimum Gasteiger partial charge on any atom is -0.383 e. The summed E-state index contributed by atoms with van der Waals surface area (Å²) in [4.78, 5) is 0.0162. The fraction of sp³-hybridized carbons (Fsp3) is 0.167. The normalized spacial score (nSPS) is 23.3. The second kappa shape index (κ2) is 2.81. The van der Waals surface area contributed by atoms with Crippen LogP contribution in [-0.4, -0.2) is 24.5 Å². The zero-order valence-corrected chi connectivity index (χ0v) is 5.88. The average Bonchev–Trinajstić information content (AvgIpc) is 1.88. The van der Waals surface area contributed by atoms with Crippen molar-refractivity contribution in [3.63, 3.8) is 0 Å². The summed E-state index contributed by atoms with van der Waals surface area (Å²) in [5.41, 5.74) is 0. The highest BCUT2D eigenvalue weighted by molar-refractivity contribution is 7.73. The van der Waals surface area contributed by atoms with E-state index in [1.165, 1.54) is 12.2 Å².